The Morgan fingerprint density at radius 1 is 0.794 bits per heavy atom. The molecule has 2 aromatic carbocycles. The van der Waals surface area contributed by atoms with Crippen molar-refractivity contribution in [2.45, 2.75) is 26.7 Å². The van der Waals surface area contributed by atoms with Crippen molar-refractivity contribution in [1.29, 1.82) is 0 Å². The van der Waals surface area contributed by atoms with Crippen molar-refractivity contribution in [3.8, 4) is 11.1 Å². The number of imide groups is 2. The van der Waals surface area contributed by atoms with Gasteiger partial charge >= 0.3 is 0 Å². The van der Waals surface area contributed by atoms with Gasteiger partial charge in [0.1, 0.15) is 0 Å². The lowest BCUT2D eigenvalue weighted by Gasteiger charge is -2.22. The Balaban J connectivity index is 1.86. The molecule has 0 radical (unpaired) electrons. The molecule has 2 heterocycles. The molecule has 0 aliphatic carbocycles. The molecule has 2 aromatic rings. The third-order valence-electron chi connectivity index (χ3n) is 5.68. The number of anilines is 2. The van der Waals surface area contributed by atoms with Gasteiger partial charge in [-0.25, -0.2) is 9.80 Å². The van der Waals surface area contributed by atoms with Crippen molar-refractivity contribution in [3.05, 3.63) is 84.0 Å². The summed E-state index contributed by atoms with van der Waals surface area (Å²) >= 11 is 0. The number of hydrogen-bond acceptors (Lipinski definition) is 5. The number of hydrogen-bond donors (Lipinski definition) is 0. The van der Waals surface area contributed by atoms with Crippen molar-refractivity contribution in [1.82, 2.24) is 0 Å². The summed E-state index contributed by atoms with van der Waals surface area (Å²) in [6, 6.07) is 10.1. The van der Waals surface area contributed by atoms with E-state index in [1.165, 1.54) is 24.3 Å². The van der Waals surface area contributed by atoms with E-state index in [1.807, 2.05) is 6.92 Å². The second-order valence-corrected chi connectivity index (χ2v) is 8.12. The summed E-state index contributed by atoms with van der Waals surface area (Å²) in [4.78, 5) is 64.1. The first-order valence-corrected chi connectivity index (χ1v) is 10.8. The number of rotatable bonds is 7. The molecule has 4 amide bonds. The summed E-state index contributed by atoms with van der Waals surface area (Å²) in [6.45, 7) is 7.35. The molecular weight excluding hydrogens is 432 g/mol. The van der Waals surface area contributed by atoms with Crippen LogP contribution in [0.2, 0.25) is 0 Å². The van der Waals surface area contributed by atoms with Crippen LogP contribution in [0.4, 0.5) is 11.4 Å². The van der Waals surface area contributed by atoms with E-state index in [0.717, 1.165) is 9.80 Å². The summed E-state index contributed by atoms with van der Waals surface area (Å²) in [5.74, 6) is -2.05. The zero-order valence-electron chi connectivity index (χ0n) is 18.8. The first kappa shape index (κ1) is 22.8. The second-order valence-electron chi connectivity index (χ2n) is 8.12. The molecule has 7 nitrogen and oxygen atoms in total. The van der Waals surface area contributed by atoms with Gasteiger partial charge in [-0.3, -0.25) is 24.0 Å². The first-order chi connectivity index (χ1) is 16.2. The Labute approximate surface area is 196 Å². The lowest BCUT2D eigenvalue weighted by Crippen LogP contribution is -2.31. The largest absolute Gasteiger partial charge is 0.289 e. The van der Waals surface area contributed by atoms with Gasteiger partial charge in [-0.1, -0.05) is 32.1 Å². The van der Waals surface area contributed by atoms with Crippen LogP contribution in [0.15, 0.2) is 72.9 Å². The molecule has 0 atom stereocenters. The van der Waals surface area contributed by atoms with Crippen molar-refractivity contribution in [2.75, 3.05) is 9.80 Å². The van der Waals surface area contributed by atoms with E-state index in [9.17, 15) is 24.0 Å². The van der Waals surface area contributed by atoms with E-state index < -0.39 is 23.6 Å². The number of nitrogens with zero attached hydrogens (tertiary/aromatic N) is 2. The fourth-order valence-electron chi connectivity index (χ4n) is 4.06. The molecular formula is C27H22N2O5. The highest BCUT2D eigenvalue weighted by molar-refractivity contribution is 6.29. The van der Waals surface area contributed by atoms with Crippen molar-refractivity contribution >= 4 is 40.8 Å². The summed E-state index contributed by atoms with van der Waals surface area (Å²) in [5, 5.41) is 0. The highest BCUT2D eigenvalue weighted by atomic mass is 16.2. The standard InChI is InChI=1S/C27H22N2O5/c1-4-5-20-21(27(34)16(2)3)14-18(15-22(20)29-25(32)12-13-26(29)33)17-6-8-19(9-7-17)28-23(30)10-11-24(28)31/h6-15H,2,4-5H2,1,3H3. The fourth-order valence-corrected chi connectivity index (χ4v) is 4.06. The second kappa shape index (κ2) is 8.86. The molecule has 0 saturated carbocycles. The minimum Gasteiger partial charge on any atom is -0.289 e. The Morgan fingerprint density at radius 2 is 1.32 bits per heavy atom. The van der Waals surface area contributed by atoms with E-state index in [1.54, 1.807) is 43.3 Å². The Kier molecular flexibility index (Phi) is 5.94. The lowest BCUT2D eigenvalue weighted by atomic mass is 9.90. The van der Waals surface area contributed by atoms with Crippen LogP contribution >= 0.6 is 0 Å². The molecule has 0 unspecified atom stereocenters. The van der Waals surface area contributed by atoms with Crippen LogP contribution in [0, 0.1) is 0 Å². The quantitative estimate of drug-likeness (QED) is 0.359. The predicted octanol–water partition coefficient (Wildman–Crippen LogP) is 3.92. The van der Waals surface area contributed by atoms with Gasteiger partial charge in [0.2, 0.25) is 0 Å². The maximum atomic E-state index is 13.1. The van der Waals surface area contributed by atoms with Gasteiger partial charge < -0.3 is 0 Å². The number of allylic oxidation sites excluding steroid dienone is 1. The van der Waals surface area contributed by atoms with E-state index in [-0.39, 0.29) is 5.78 Å². The summed E-state index contributed by atoms with van der Waals surface area (Å²) in [7, 11) is 0. The van der Waals surface area contributed by atoms with Crippen molar-refractivity contribution in [3.63, 3.8) is 0 Å². The lowest BCUT2D eigenvalue weighted by molar-refractivity contribution is -0.121. The number of benzene rings is 2. The molecule has 0 saturated heterocycles. The summed E-state index contributed by atoms with van der Waals surface area (Å²) in [6.07, 6.45) is 6.03. The molecule has 0 bridgehead atoms. The molecule has 2 aliphatic rings. The minimum atomic E-state index is -0.470. The van der Waals surface area contributed by atoms with Crippen LogP contribution in [-0.4, -0.2) is 29.4 Å². The van der Waals surface area contributed by atoms with Gasteiger partial charge in [-0.15, -0.1) is 0 Å². The normalized spacial score (nSPS) is 15.1. The van der Waals surface area contributed by atoms with Crippen LogP contribution in [0.3, 0.4) is 0 Å². The van der Waals surface area contributed by atoms with Crippen LogP contribution in [0.25, 0.3) is 11.1 Å². The average Bonchev–Trinajstić information content (AvgIpc) is 3.33. The highest BCUT2D eigenvalue weighted by Gasteiger charge is 2.30. The number of amides is 4. The summed E-state index contributed by atoms with van der Waals surface area (Å²) < 4.78 is 0. The zero-order chi connectivity index (χ0) is 24.6. The number of Topliss-reactive ketones (excluding diaryl/α,β-unsaturated/α-hetero) is 1. The van der Waals surface area contributed by atoms with Gasteiger partial charge in [0.15, 0.2) is 5.78 Å². The molecule has 0 spiro atoms. The van der Waals surface area contributed by atoms with Gasteiger partial charge in [0.25, 0.3) is 23.6 Å². The first-order valence-electron chi connectivity index (χ1n) is 10.8. The predicted molar refractivity (Wildman–Crippen MR) is 128 cm³/mol. The van der Waals surface area contributed by atoms with E-state index in [2.05, 4.69) is 6.58 Å². The molecule has 170 valence electrons. The Bertz CT molecular complexity index is 1300. The zero-order valence-corrected chi connectivity index (χ0v) is 18.8. The molecule has 0 fully saturated rings. The molecule has 4 rings (SSSR count). The Morgan fingerprint density at radius 3 is 1.82 bits per heavy atom. The molecule has 7 heteroatoms. The number of carbonyl (C=O) groups excluding carboxylic acids is 5. The van der Waals surface area contributed by atoms with Gasteiger partial charge in [0.05, 0.1) is 11.4 Å². The van der Waals surface area contributed by atoms with Gasteiger partial charge in [-0.2, -0.15) is 0 Å². The van der Waals surface area contributed by atoms with Crippen molar-refractivity contribution < 1.29 is 24.0 Å². The highest BCUT2D eigenvalue weighted by Crippen LogP contribution is 2.35. The third kappa shape index (κ3) is 3.92. The Hall–Kier alpha value is -4.39. The third-order valence-corrected chi connectivity index (χ3v) is 5.68. The van der Waals surface area contributed by atoms with Gasteiger partial charge in [0, 0.05) is 29.9 Å². The molecule has 34 heavy (non-hydrogen) atoms. The van der Waals surface area contributed by atoms with Gasteiger partial charge in [-0.05, 0) is 59.9 Å². The van der Waals surface area contributed by atoms with Crippen LogP contribution in [0.1, 0.15) is 36.2 Å². The smallest absolute Gasteiger partial charge is 0.258 e. The monoisotopic (exact) mass is 454 g/mol. The molecule has 0 aromatic heterocycles. The number of carbonyl (C=O) groups is 5. The summed E-state index contributed by atoms with van der Waals surface area (Å²) in [5.41, 5.74) is 3.40. The maximum Gasteiger partial charge on any atom is 0.258 e. The average molecular weight is 454 g/mol. The maximum absolute atomic E-state index is 13.1. The van der Waals surface area contributed by atoms with Crippen LogP contribution in [-0.2, 0) is 25.6 Å². The SMILES string of the molecule is C=C(C)C(=O)c1cc(-c2ccc(N3C(=O)C=CC3=O)cc2)cc(N2C(=O)C=CC2=O)c1CCC. The number of ketones is 1. The van der Waals surface area contributed by atoms with Crippen LogP contribution in [0.5, 0.6) is 0 Å². The van der Waals surface area contributed by atoms with Crippen LogP contribution < -0.4 is 9.80 Å². The van der Waals surface area contributed by atoms with E-state index in [0.29, 0.717) is 52.0 Å². The minimum absolute atomic E-state index is 0.269. The molecule has 2 aliphatic heterocycles. The van der Waals surface area contributed by atoms with Crippen molar-refractivity contribution in [2.24, 2.45) is 0 Å². The van der Waals surface area contributed by atoms with E-state index in [4.69, 9.17) is 0 Å². The topological polar surface area (TPSA) is 91.8 Å². The van der Waals surface area contributed by atoms with E-state index >= 15 is 0 Å². The fraction of sp³-hybridized carbons (Fsp3) is 0.148. The molecule has 0 N–H and O–H groups in total.